The lowest BCUT2D eigenvalue weighted by Gasteiger charge is -2.24. The van der Waals surface area contributed by atoms with Crippen molar-refractivity contribution in [2.24, 2.45) is 0 Å². The van der Waals surface area contributed by atoms with Crippen LogP contribution in [0.2, 0.25) is 0 Å². The fraction of sp³-hybridized carbons (Fsp3) is 0.471. The van der Waals surface area contributed by atoms with Gasteiger partial charge in [-0.15, -0.1) is 0 Å². The predicted octanol–water partition coefficient (Wildman–Crippen LogP) is 1.56. The number of hydrogen-bond donors (Lipinski definition) is 3. The van der Waals surface area contributed by atoms with Crippen molar-refractivity contribution in [3.05, 3.63) is 41.5 Å². The number of nitrogens with zero attached hydrogens (tertiary/aromatic N) is 3. The van der Waals surface area contributed by atoms with Gasteiger partial charge in [0.2, 0.25) is 0 Å². The first kappa shape index (κ1) is 16.4. The number of rotatable bonds is 7. The van der Waals surface area contributed by atoms with Gasteiger partial charge in [-0.05, 0) is 38.3 Å². The Kier molecular flexibility index (Phi) is 5.10. The SMILES string of the molecule is CCn1nc(C(=O)O)c2c1CCC(NCCNc1cccnc1)C2. The molecule has 3 N–H and O–H groups in total. The third-order valence-corrected chi connectivity index (χ3v) is 4.40. The Hall–Kier alpha value is -2.41. The van der Waals surface area contributed by atoms with Gasteiger partial charge in [0.05, 0.1) is 5.69 Å². The first-order chi connectivity index (χ1) is 11.7. The van der Waals surface area contributed by atoms with E-state index in [0.717, 1.165) is 49.3 Å². The zero-order valence-electron chi connectivity index (χ0n) is 13.8. The Morgan fingerprint density at radius 1 is 1.46 bits per heavy atom. The van der Waals surface area contributed by atoms with Crippen LogP contribution in [0.3, 0.4) is 0 Å². The van der Waals surface area contributed by atoms with E-state index in [1.165, 1.54) is 0 Å². The quantitative estimate of drug-likeness (QED) is 0.668. The zero-order chi connectivity index (χ0) is 16.9. The fourth-order valence-corrected chi connectivity index (χ4v) is 3.25. The molecule has 1 aliphatic rings. The summed E-state index contributed by atoms with van der Waals surface area (Å²) < 4.78 is 1.83. The van der Waals surface area contributed by atoms with Crippen molar-refractivity contribution in [3.63, 3.8) is 0 Å². The van der Waals surface area contributed by atoms with Crippen LogP contribution in [0.5, 0.6) is 0 Å². The van der Waals surface area contributed by atoms with Crippen LogP contribution in [-0.4, -0.2) is 45.0 Å². The van der Waals surface area contributed by atoms with E-state index in [2.05, 4.69) is 20.7 Å². The average Bonchev–Trinajstić information content (AvgIpc) is 2.98. The largest absolute Gasteiger partial charge is 0.476 e. The first-order valence-corrected chi connectivity index (χ1v) is 8.38. The van der Waals surface area contributed by atoms with Gasteiger partial charge in [-0.2, -0.15) is 5.10 Å². The summed E-state index contributed by atoms with van der Waals surface area (Å²) >= 11 is 0. The molecule has 0 aromatic carbocycles. The lowest BCUT2D eigenvalue weighted by Crippen LogP contribution is -2.37. The highest BCUT2D eigenvalue weighted by molar-refractivity contribution is 5.87. The molecule has 0 spiro atoms. The number of carboxylic acid groups (broad SMARTS) is 1. The number of aromatic nitrogens is 3. The highest BCUT2D eigenvalue weighted by atomic mass is 16.4. The van der Waals surface area contributed by atoms with E-state index in [1.54, 1.807) is 12.4 Å². The lowest BCUT2D eigenvalue weighted by molar-refractivity contribution is 0.0688. The van der Waals surface area contributed by atoms with Gasteiger partial charge in [0.1, 0.15) is 0 Å². The van der Waals surface area contributed by atoms with Crippen molar-refractivity contribution in [2.45, 2.75) is 38.8 Å². The van der Waals surface area contributed by atoms with Crippen LogP contribution >= 0.6 is 0 Å². The predicted molar refractivity (Wildman–Crippen MR) is 91.4 cm³/mol. The lowest BCUT2D eigenvalue weighted by atomic mass is 9.91. The maximum absolute atomic E-state index is 11.4. The summed E-state index contributed by atoms with van der Waals surface area (Å²) in [5.41, 5.74) is 3.20. The van der Waals surface area contributed by atoms with E-state index >= 15 is 0 Å². The third kappa shape index (κ3) is 3.56. The summed E-state index contributed by atoms with van der Waals surface area (Å²) in [6, 6.07) is 4.18. The molecule has 1 atom stereocenters. The van der Waals surface area contributed by atoms with Crippen molar-refractivity contribution >= 4 is 11.7 Å². The summed E-state index contributed by atoms with van der Waals surface area (Å²) in [5.74, 6) is -0.933. The molecule has 7 heteroatoms. The van der Waals surface area contributed by atoms with Crippen LogP contribution < -0.4 is 10.6 Å². The summed E-state index contributed by atoms with van der Waals surface area (Å²) in [6.07, 6.45) is 6.15. The van der Waals surface area contributed by atoms with Crippen molar-refractivity contribution in [1.29, 1.82) is 0 Å². The summed E-state index contributed by atoms with van der Waals surface area (Å²) in [5, 5.41) is 20.4. The second-order valence-electron chi connectivity index (χ2n) is 5.96. The summed E-state index contributed by atoms with van der Waals surface area (Å²) in [7, 11) is 0. The van der Waals surface area contributed by atoms with Gasteiger partial charge < -0.3 is 15.7 Å². The highest BCUT2D eigenvalue weighted by Crippen LogP contribution is 2.25. The Morgan fingerprint density at radius 2 is 2.33 bits per heavy atom. The molecular formula is C17H23N5O2. The molecule has 24 heavy (non-hydrogen) atoms. The number of pyridine rings is 1. The van der Waals surface area contributed by atoms with E-state index in [0.29, 0.717) is 12.6 Å². The van der Waals surface area contributed by atoms with Gasteiger partial charge in [0.25, 0.3) is 0 Å². The molecule has 0 aliphatic heterocycles. The molecule has 2 heterocycles. The normalized spacial score (nSPS) is 16.6. The number of carbonyl (C=O) groups is 1. The van der Waals surface area contributed by atoms with Crippen LogP contribution in [-0.2, 0) is 19.4 Å². The maximum Gasteiger partial charge on any atom is 0.356 e. The second-order valence-corrected chi connectivity index (χ2v) is 5.96. The van der Waals surface area contributed by atoms with Gasteiger partial charge in [0, 0.05) is 49.3 Å². The molecule has 128 valence electrons. The number of aromatic carboxylic acids is 1. The molecule has 0 amide bonds. The van der Waals surface area contributed by atoms with Crippen molar-refractivity contribution in [2.75, 3.05) is 18.4 Å². The van der Waals surface area contributed by atoms with Crippen LogP contribution in [0.25, 0.3) is 0 Å². The van der Waals surface area contributed by atoms with Crippen molar-refractivity contribution in [1.82, 2.24) is 20.1 Å². The molecule has 0 saturated heterocycles. The molecule has 0 bridgehead atoms. The van der Waals surface area contributed by atoms with Gasteiger partial charge in [-0.3, -0.25) is 9.67 Å². The molecule has 0 radical (unpaired) electrons. The monoisotopic (exact) mass is 329 g/mol. The van der Waals surface area contributed by atoms with Crippen LogP contribution in [0.15, 0.2) is 24.5 Å². The van der Waals surface area contributed by atoms with Crippen LogP contribution in [0.1, 0.15) is 35.1 Å². The highest BCUT2D eigenvalue weighted by Gasteiger charge is 2.28. The first-order valence-electron chi connectivity index (χ1n) is 8.38. The fourth-order valence-electron chi connectivity index (χ4n) is 3.25. The Balaban J connectivity index is 1.55. The van der Waals surface area contributed by atoms with E-state index in [9.17, 15) is 9.90 Å². The van der Waals surface area contributed by atoms with Gasteiger partial charge >= 0.3 is 5.97 Å². The van der Waals surface area contributed by atoms with Crippen molar-refractivity contribution < 1.29 is 9.90 Å². The number of carboxylic acids is 1. The molecule has 3 rings (SSSR count). The molecule has 2 aromatic heterocycles. The maximum atomic E-state index is 11.4. The second kappa shape index (κ2) is 7.44. The average molecular weight is 329 g/mol. The minimum absolute atomic E-state index is 0.215. The minimum atomic E-state index is -0.933. The topological polar surface area (TPSA) is 92.1 Å². The van der Waals surface area contributed by atoms with E-state index in [-0.39, 0.29) is 5.69 Å². The summed E-state index contributed by atoms with van der Waals surface area (Å²) in [4.78, 5) is 15.5. The van der Waals surface area contributed by atoms with Crippen LogP contribution in [0, 0.1) is 0 Å². The smallest absolute Gasteiger partial charge is 0.356 e. The molecule has 1 aliphatic carbocycles. The Labute approximate surface area is 141 Å². The van der Waals surface area contributed by atoms with Gasteiger partial charge in [-0.25, -0.2) is 4.79 Å². The molecule has 1 unspecified atom stereocenters. The molecular weight excluding hydrogens is 306 g/mol. The van der Waals surface area contributed by atoms with Gasteiger partial charge in [-0.1, -0.05) is 0 Å². The number of nitrogens with one attached hydrogen (secondary N) is 2. The van der Waals surface area contributed by atoms with E-state index < -0.39 is 5.97 Å². The summed E-state index contributed by atoms with van der Waals surface area (Å²) in [6.45, 7) is 4.32. The Bertz CT molecular complexity index is 699. The zero-order valence-corrected chi connectivity index (χ0v) is 13.8. The number of fused-ring (bicyclic) bond motifs is 1. The standard InChI is InChI=1S/C17H23N5O2/c1-2-22-15-6-5-12(10-14(15)16(21-22)17(23)24)19-8-9-20-13-4-3-7-18-11-13/h3-4,7,11-12,19-20H,2,5-6,8-10H2,1H3,(H,23,24). The number of hydrogen-bond acceptors (Lipinski definition) is 5. The number of aryl methyl sites for hydroxylation is 1. The van der Waals surface area contributed by atoms with Crippen molar-refractivity contribution in [3.8, 4) is 0 Å². The third-order valence-electron chi connectivity index (χ3n) is 4.40. The van der Waals surface area contributed by atoms with E-state index in [1.807, 2.05) is 23.7 Å². The van der Waals surface area contributed by atoms with Crippen LogP contribution in [0.4, 0.5) is 5.69 Å². The molecule has 0 saturated carbocycles. The molecule has 2 aromatic rings. The van der Waals surface area contributed by atoms with Gasteiger partial charge in [0.15, 0.2) is 5.69 Å². The molecule has 0 fully saturated rings. The van der Waals surface area contributed by atoms with E-state index in [4.69, 9.17) is 0 Å². The molecule has 7 nitrogen and oxygen atoms in total. The Morgan fingerprint density at radius 3 is 3.04 bits per heavy atom. The number of anilines is 1. The minimum Gasteiger partial charge on any atom is -0.476 e.